The summed E-state index contributed by atoms with van der Waals surface area (Å²) in [6.07, 6.45) is 2.27. The first-order chi connectivity index (χ1) is 13.2. The van der Waals surface area contributed by atoms with Gasteiger partial charge in [0.25, 0.3) is 0 Å². The smallest absolute Gasteiger partial charge is 0.191 e. The van der Waals surface area contributed by atoms with Gasteiger partial charge in [-0.25, -0.2) is 0 Å². The molecule has 0 spiro atoms. The molecule has 2 aromatic rings. The zero-order chi connectivity index (χ0) is 19.1. The summed E-state index contributed by atoms with van der Waals surface area (Å²) in [5, 5.41) is 10.7. The largest absolute Gasteiger partial charge is 0.363 e. The third-order valence-electron chi connectivity index (χ3n) is 5.15. The number of piperidine rings is 1. The summed E-state index contributed by atoms with van der Waals surface area (Å²) in [5.74, 6) is 0.896. The predicted octanol–water partition coefficient (Wildman–Crippen LogP) is 3.80. The summed E-state index contributed by atoms with van der Waals surface area (Å²) in [5.41, 5.74) is 1.31. The lowest BCUT2D eigenvalue weighted by Gasteiger charge is -2.34. The summed E-state index contributed by atoms with van der Waals surface area (Å²) in [7, 11) is 6.09. The minimum absolute atomic E-state index is 0. The van der Waals surface area contributed by atoms with Gasteiger partial charge in [0.2, 0.25) is 0 Å². The normalized spacial score (nSPS) is 16.6. The minimum Gasteiger partial charge on any atom is -0.363 e. The van der Waals surface area contributed by atoms with Crippen molar-refractivity contribution in [1.29, 1.82) is 0 Å². The van der Waals surface area contributed by atoms with Crippen LogP contribution < -0.4 is 15.5 Å². The Bertz CT molecular complexity index is 697. The van der Waals surface area contributed by atoms with Crippen molar-refractivity contribution in [2.75, 3.05) is 45.7 Å². The highest BCUT2D eigenvalue weighted by molar-refractivity contribution is 14.0. The van der Waals surface area contributed by atoms with E-state index in [0.29, 0.717) is 12.1 Å². The molecule has 0 radical (unpaired) electrons. The lowest BCUT2D eigenvalue weighted by Crippen LogP contribution is -2.49. The quantitative estimate of drug-likeness (QED) is 0.351. The number of anilines is 1. The number of aliphatic imine (C=N–C) groups is 1. The van der Waals surface area contributed by atoms with Crippen molar-refractivity contribution in [3.63, 3.8) is 0 Å². The Balaban J connectivity index is 0.00000280. The summed E-state index contributed by atoms with van der Waals surface area (Å²) in [4.78, 5) is 9.17. The fourth-order valence-corrected chi connectivity index (χ4v) is 4.33. The molecule has 0 aliphatic carbocycles. The number of likely N-dealkylation sites (N-methyl/N-ethyl adjacent to an activating group) is 1. The number of guanidine groups is 1. The SMILES string of the molecule is CN=C(NCC(c1ccccc1)N(C)C)NC1CCN(c2cccs2)CC1.I. The second kappa shape index (κ2) is 11.6. The van der Waals surface area contributed by atoms with E-state index in [1.165, 1.54) is 10.6 Å². The van der Waals surface area contributed by atoms with E-state index in [9.17, 15) is 0 Å². The van der Waals surface area contributed by atoms with Crippen LogP contribution in [0.15, 0.2) is 52.8 Å². The maximum atomic E-state index is 4.44. The number of benzene rings is 1. The summed E-state index contributed by atoms with van der Waals surface area (Å²) >= 11 is 1.83. The van der Waals surface area contributed by atoms with Gasteiger partial charge in [-0.2, -0.15) is 0 Å². The highest BCUT2D eigenvalue weighted by Gasteiger charge is 2.21. The number of nitrogens with zero attached hydrogens (tertiary/aromatic N) is 3. The third-order valence-corrected chi connectivity index (χ3v) is 6.08. The van der Waals surface area contributed by atoms with Gasteiger partial charge in [0, 0.05) is 32.7 Å². The Hall–Kier alpha value is -1.32. The third kappa shape index (κ3) is 6.35. The van der Waals surface area contributed by atoms with Crippen LogP contribution in [0.25, 0.3) is 0 Å². The Morgan fingerprint density at radius 1 is 1.18 bits per heavy atom. The number of hydrogen-bond acceptors (Lipinski definition) is 4. The maximum Gasteiger partial charge on any atom is 0.191 e. The number of thiophene rings is 1. The average Bonchev–Trinajstić information content (AvgIpc) is 3.23. The Morgan fingerprint density at radius 3 is 2.46 bits per heavy atom. The van der Waals surface area contributed by atoms with Crippen molar-refractivity contribution in [3.05, 3.63) is 53.4 Å². The molecule has 1 aliphatic heterocycles. The predicted molar refractivity (Wildman–Crippen MR) is 132 cm³/mol. The highest BCUT2D eigenvalue weighted by atomic mass is 127. The van der Waals surface area contributed by atoms with Crippen LogP contribution in [0.1, 0.15) is 24.4 Å². The summed E-state index contributed by atoms with van der Waals surface area (Å²) in [6, 6.07) is 15.7. The summed E-state index contributed by atoms with van der Waals surface area (Å²) in [6.45, 7) is 3.02. The van der Waals surface area contributed by atoms with Crippen LogP contribution in [0.5, 0.6) is 0 Å². The van der Waals surface area contributed by atoms with E-state index in [-0.39, 0.29) is 24.0 Å². The monoisotopic (exact) mass is 513 g/mol. The Labute approximate surface area is 190 Å². The summed E-state index contributed by atoms with van der Waals surface area (Å²) < 4.78 is 0. The molecule has 1 saturated heterocycles. The van der Waals surface area contributed by atoms with Gasteiger partial charge in [-0.3, -0.25) is 4.99 Å². The van der Waals surface area contributed by atoms with Gasteiger partial charge in [0.05, 0.1) is 11.0 Å². The second-order valence-corrected chi connectivity index (χ2v) is 8.13. The number of rotatable bonds is 6. The van der Waals surface area contributed by atoms with E-state index in [1.54, 1.807) is 0 Å². The van der Waals surface area contributed by atoms with Crippen molar-refractivity contribution >= 4 is 46.3 Å². The van der Waals surface area contributed by atoms with Crippen molar-refractivity contribution in [3.8, 4) is 0 Å². The minimum atomic E-state index is 0. The fourth-order valence-electron chi connectivity index (χ4n) is 3.55. The van der Waals surface area contributed by atoms with Gasteiger partial charge in [-0.05, 0) is 50.0 Å². The molecule has 1 atom stereocenters. The number of halogens is 1. The van der Waals surface area contributed by atoms with Crippen LogP contribution in [0.4, 0.5) is 5.00 Å². The first-order valence-corrected chi connectivity index (χ1v) is 10.5. The molecule has 1 fully saturated rings. The van der Waals surface area contributed by atoms with Crippen LogP contribution in [0.3, 0.4) is 0 Å². The van der Waals surface area contributed by atoms with Crippen LogP contribution in [-0.4, -0.2) is 57.7 Å². The highest BCUT2D eigenvalue weighted by Crippen LogP contribution is 2.24. The van der Waals surface area contributed by atoms with Crippen LogP contribution in [0.2, 0.25) is 0 Å². The number of nitrogens with one attached hydrogen (secondary N) is 2. The molecule has 154 valence electrons. The lowest BCUT2D eigenvalue weighted by atomic mass is 10.1. The van der Waals surface area contributed by atoms with E-state index in [0.717, 1.165) is 38.4 Å². The van der Waals surface area contributed by atoms with Gasteiger partial charge in [-0.15, -0.1) is 35.3 Å². The van der Waals surface area contributed by atoms with Crippen LogP contribution in [0, 0.1) is 0 Å². The molecule has 1 aliphatic rings. The Kier molecular flexibility index (Phi) is 9.53. The van der Waals surface area contributed by atoms with E-state index < -0.39 is 0 Å². The van der Waals surface area contributed by atoms with Crippen molar-refractivity contribution in [2.45, 2.75) is 24.9 Å². The molecule has 1 aromatic heterocycles. The zero-order valence-corrected chi connectivity index (χ0v) is 20.1. The molecule has 0 bridgehead atoms. The van der Waals surface area contributed by atoms with Crippen LogP contribution >= 0.6 is 35.3 Å². The molecule has 1 aromatic carbocycles. The van der Waals surface area contributed by atoms with E-state index in [1.807, 2.05) is 18.4 Å². The van der Waals surface area contributed by atoms with E-state index in [2.05, 4.69) is 87.4 Å². The van der Waals surface area contributed by atoms with Crippen molar-refractivity contribution in [1.82, 2.24) is 15.5 Å². The van der Waals surface area contributed by atoms with Crippen molar-refractivity contribution < 1.29 is 0 Å². The average molecular weight is 513 g/mol. The standard InChI is InChI=1S/C21H31N5S.HI/c1-22-21(23-16-19(25(2)3)17-8-5-4-6-9-17)24-18-11-13-26(14-12-18)20-10-7-15-27-20;/h4-10,15,18-19H,11-14,16H2,1-3H3,(H2,22,23,24);1H. The van der Waals surface area contributed by atoms with Gasteiger partial charge in [0.1, 0.15) is 0 Å². The fraction of sp³-hybridized carbons (Fsp3) is 0.476. The number of hydrogen-bond donors (Lipinski definition) is 2. The Morgan fingerprint density at radius 2 is 1.89 bits per heavy atom. The molecular formula is C21H32IN5S. The molecule has 5 nitrogen and oxygen atoms in total. The van der Waals surface area contributed by atoms with Gasteiger partial charge in [-0.1, -0.05) is 30.3 Å². The first kappa shape index (κ1) is 23.0. The maximum absolute atomic E-state index is 4.44. The molecule has 0 saturated carbocycles. The molecule has 28 heavy (non-hydrogen) atoms. The van der Waals surface area contributed by atoms with Crippen molar-refractivity contribution in [2.24, 2.45) is 4.99 Å². The van der Waals surface area contributed by atoms with Gasteiger partial charge < -0.3 is 20.4 Å². The molecule has 1 unspecified atom stereocenters. The van der Waals surface area contributed by atoms with E-state index in [4.69, 9.17) is 0 Å². The molecule has 3 rings (SSSR count). The first-order valence-electron chi connectivity index (χ1n) is 9.64. The topological polar surface area (TPSA) is 42.9 Å². The second-order valence-electron chi connectivity index (χ2n) is 7.20. The lowest BCUT2D eigenvalue weighted by molar-refractivity contribution is 0.297. The molecule has 2 N–H and O–H groups in total. The zero-order valence-electron chi connectivity index (χ0n) is 17.0. The molecule has 7 heteroatoms. The van der Waals surface area contributed by atoms with Gasteiger partial charge in [0.15, 0.2) is 5.96 Å². The van der Waals surface area contributed by atoms with E-state index >= 15 is 0 Å². The molecule has 0 amide bonds. The molecular weight excluding hydrogens is 481 g/mol. The van der Waals surface area contributed by atoms with Crippen LogP contribution in [-0.2, 0) is 0 Å². The molecule has 2 heterocycles. The van der Waals surface area contributed by atoms with Gasteiger partial charge >= 0.3 is 0 Å².